The summed E-state index contributed by atoms with van der Waals surface area (Å²) in [5.74, 6) is 0. The zero-order chi connectivity index (χ0) is 17.3. The van der Waals surface area contributed by atoms with E-state index >= 15 is 0 Å². The van der Waals surface area contributed by atoms with Crippen molar-refractivity contribution in [3.05, 3.63) is 53.6 Å². The van der Waals surface area contributed by atoms with Crippen molar-refractivity contribution in [2.75, 3.05) is 5.32 Å². The van der Waals surface area contributed by atoms with Crippen LogP contribution in [0.5, 0.6) is 0 Å². The minimum absolute atomic E-state index is 0.0449. The highest BCUT2D eigenvalue weighted by Crippen LogP contribution is 2.40. The Bertz CT molecular complexity index is 688. The fourth-order valence-corrected chi connectivity index (χ4v) is 2.73. The molecular weight excluding hydrogens is 282 g/mol. The van der Waals surface area contributed by atoms with E-state index in [1.165, 1.54) is 5.56 Å². The Balaban J connectivity index is 2.84. The van der Waals surface area contributed by atoms with Crippen LogP contribution in [0.4, 0.5) is 5.69 Å². The summed E-state index contributed by atoms with van der Waals surface area (Å²) in [5.41, 5.74) is 5.53. The molecule has 0 fully saturated rings. The number of carbonyl (C=O) groups excluding carboxylic acids is 1. The van der Waals surface area contributed by atoms with Crippen molar-refractivity contribution in [1.82, 2.24) is 0 Å². The van der Waals surface area contributed by atoms with Crippen molar-refractivity contribution in [2.24, 2.45) is 0 Å². The fraction of sp³-hybridized carbons (Fsp3) is 0.381. The maximum atomic E-state index is 11.2. The Labute approximate surface area is 139 Å². The van der Waals surface area contributed by atoms with Gasteiger partial charge in [0, 0.05) is 5.56 Å². The van der Waals surface area contributed by atoms with Gasteiger partial charge in [0.1, 0.15) is 0 Å². The number of rotatable bonds is 3. The predicted molar refractivity (Wildman–Crippen MR) is 99.0 cm³/mol. The van der Waals surface area contributed by atoms with Crippen molar-refractivity contribution in [2.45, 2.75) is 52.4 Å². The molecule has 0 bridgehead atoms. The fourth-order valence-electron chi connectivity index (χ4n) is 2.73. The van der Waals surface area contributed by atoms with E-state index in [2.05, 4.69) is 71.1 Å². The Morgan fingerprint density at radius 3 is 1.96 bits per heavy atom. The molecule has 2 heteroatoms. The SMILES string of the molecule is CC(C)(C)c1cc(-c2ccccc2)c(NC=O)c(C(C)(C)C)c1. The number of anilines is 1. The Morgan fingerprint density at radius 2 is 1.48 bits per heavy atom. The van der Waals surface area contributed by atoms with Crippen LogP contribution >= 0.6 is 0 Å². The van der Waals surface area contributed by atoms with Gasteiger partial charge in [0.2, 0.25) is 6.41 Å². The van der Waals surface area contributed by atoms with E-state index < -0.39 is 0 Å². The highest BCUT2D eigenvalue weighted by molar-refractivity contribution is 5.88. The largest absolute Gasteiger partial charge is 0.328 e. The Kier molecular flexibility index (Phi) is 4.65. The van der Waals surface area contributed by atoms with E-state index in [4.69, 9.17) is 0 Å². The number of carbonyl (C=O) groups is 1. The van der Waals surface area contributed by atoms with Crippen LogP contribution in [0.15, 0.2) is 42.5 Å². The van der Waals surface area contributed by atoms with Gasteiger partial charge in [-0.15, -0.1) is 0 Å². The van der Waals surface area contributed by atoms with Crippen molar-refractivity contribution < 1.29 is 4.79 Å². The standard InChI is InChI=1S/C21H27NO/c1-20(2,3)16-12-17(15-10-8-7-9-11-15)19(22-14-23)18(13-16)21(4,5)6/h7-14H,1-6H3,(H,22,23). The normalized spacial score (nSPS) is 12.1. The Morgan fingerprint density at radius 1 is 0.870 bits per heavy atom. The number of amides is 1. The number of nitrogens with one attached hydrogen (secondary N) is 1. The van der Waals surface area contributed by atoms with Crippen LogP contribution in [-0.4, -0.2) is 6.41 Å². The van der Waals surface area contributed by atoms with E-state index in [0.717, 1.165) is 28.8 Å². The minimum Gasteiger partial charge on any atom is -0.328 e. The summed E-state index contributed by atoms with van der Waals surface area (Å²) in [6.45, 7) is 13.2. The first-order valence-corrected chi connectivity index (χ1v) is 8.09. The molecule has 0 unspecified atom stereocenters. The summed E-state index contributed by atoms with van der Waals surface area (Å²) in [5, 5.41) is 2.95. The van der Waals surface area contributed by atoms with Crippen molar-refractivity contribution in [3.8, 4) is 11.1 Å². The first kappa shape index (κ1) is 17.3. The average molecular weight is 309 g/mol. The molecular formula is C21H27NO. The van der Waals surface area contributed by atoms with Gasteiger partial charge < -0.3 is 5.32 Å². The lowest BCUT2D eigenvalue weighted by molar-refractivity contribution is -0.105. The van der Waals surface area contributed by atoms with Crippen molar-refractivity contribution in [3.63, 3.8) is 0 Å². The first-order valence-electron chi connectivity index (χ1n) is 8.09. The molecule has 2 aromatic rings. The van der Waals surface area contributed by atoms with Gasteiger partial charge in [-0.2, -0.15) is 0 Å². The number of hydrogen-bond donors (Lipinski definition) is 1. The second-order valence-corrected chi connectivity index (χ2v) is 8.07. The lowest BCUT2D eigenvalue weighted by Gasteiger charge is -2.29. The van der Waals surface area contributed by atoms with E-state index in [-0.39, 0.29) is 10.8 Å². The summed E-state index contributed by atoms with van der Waals surface area (Å²) >= 11 is 0. The third-order valence-electron chi connectivity index (χ3n) is 4.10. The van der Waals surface area contributed by atoms with Gasteiger partial charge in [0.05, 0.1) is 5.69 Å². The van der Waals surface area contributed by atoms with Crippen LogP contribution in [0.1, 0.15) is 52.7 Å². The van der Waals surface area contributed by atoms with E-state index in [9.17, 15) is 4.79 Å². The molecule has 23 heavy (non-hydrogen) atoms. The molecule has 0 aliphatic heterocycles. The van der Waals surface area contributed by atoms with E-state index in [0.29, 0.717) is 0 Å². The molecule has 0 saturated carbocycles. The van der Waals surface area contributed by atoms with Gasteiger partial charge in [-0.1, -0.05) is 77.9 Å². The maximum absolute atomic E-state index is 11.2. The average Bonchev–Trinajstić information content (AvgIpc) is 2.46. The van der Waals surface area contributed by atoms with Crippen LogP contribution in [-0.2, 0) is 15.6 Å². The molecule has 1 N–H and O–H groups in total. The molecule has 0 spiro atoms. The maximum Gasteiger partial charge on any atom is 0.211 e. The first-order chi connectivity index (χ1) is 10.6. The summed E-state index contributed by atoms with van der Waals surface area (Å²) in [4.78, 5) is 11.2. The highest BCUT2D eigenvalue weighted by Gasteiger charge is 2.25. The monoisotopic (exact) mass is 309 g/mol. The Hall–Kier alpha value is -2.09. The number of benzene rings is 2. The van der Waals surface area contributed by atoms with Gasteiger partial charge in [-0.05, 0) is 33.6 Å². The summed E-state index contributed by atoms with van der Waals surface area (Å²) in [7, 11) is 0. The lowest BCUT2D eigenvalue weighted by atomic mass is 9.77. The molecule has 1 amide bonds. The zero-order valence-corrected chi connectivity index (χ0v) is 15.0. The van der Waals surface area contributed by atoms with E-state index in [1.807, 2.05) is 18.2 Å². The molecule has 0 aromatic heterocycles. The third kappa shape index (κ3) is 3.82. The van der Waals surface area contributed by atoms with Gasteiger partial charge >= 0.3 is 0 Å². The smallest absolute Gasteiger partial charge is 0.211 e. The van der Waals surface area contributed by atoms with Crippen molar-refractivity contribution >= 4 is 12.1 Å². The minimum atomic E-state index is -0.0594. The molecule has 0 atom stereocenters. The number of hydrogen-bond acceptors (Lipinski definition) is 1. The molecule has 0 aliphatic rings. The van der Waals surface area contributed by atoms with E-state index in [1.54, 1.807) is 0 Å². The second kappa shape index (κ2) is 6.19. The molecule has 0 saturated heterocycles. The highest BCUT2D eigenvalue weighted by atomic mass is 16.1. The summed E-state index contributed by atoms with van der Waals surface area (Å²) < 4.78 is 0. The van der Waals surface area contributed by atoms with Crippen LogP contribution in [0.25, 0.3) is 11.1 Å². The molecule has 2 nitrogen and oxygen atoms in total. The van der Waals surface area contributed by atoms with Gasteiger partial charge in [0.25, 0.3) is 0 Å². The van der Waals surface area contributed by atoms with Gasteiger partial charge in [-0.25, -0.2) is 0 Å². The molecule has 0 heterocycles. The summed E-state index contributed by atoms with van der Waals surface area (Å²) in [6, 6.07) is 14.7. The van der Waals surface area contributed by atoms with Crippen LogP contribution in [0, 0.1) is 0 Å². The zero-order valence-electron chi connectivity index (χ0n) is 15.0. The van der Waals surface area contributed by atoms with Crippen LogP contribution in [0.2, 0.25) is 0 Å². The molecule has 0 radical (unpaired) electrons. The van der Waals surface area contributed by atoms with Gasteiger partial charge in [-0.3, -0.25) is 4.79 Å². The molecule has 0 aliphatic carbocycles. The topological polar surface area (TPSA) is 29.1 Å². The van der Waals surface area contributed by atoms with Crippen LogP contribution in [0.3, 0.4) is 0 Å². The molecule has 122 valence electrons. The predicted octanol–water partition coefficient (Wildman–Crippen LogP) is 5.52. The lowest BCUT2D eigenvalue weighted by Crippen LogP contribution is -2.19. The third-order valence-corrected chi connectivity index (χ3v) is 4.10. The van der Waals surface area contributed by atoms with Gasteiger partial charge in [0.15, 0.2) is 0 Å². The molecule has 2 aromatic carbocycles. The van der Waals surface area contributed by atoms with Crippen LogP contribution < -0.4 is 5.32 Å². The summed E-state index contributed by atoms with van der Waals surface area (Å²) in [6.07, 6.45) is 0.772. The molecule has 2 rings (SSSR count). The quantitative estimate of drug-likeness (QED) is 0.743. The van der Waals surface area contributed by atoms with Crippen molar-refractivity contribution in [1.29, 1.82) is 0 Å². The second-order valence-electron chi connectivity index (χ2n) is 8.07.